The molecule has 2 aliphatic heterocycles. The fraction of sp³-hybridized carbons (Fsp3) is 0.333. The number of morpholine rings is 1. The molecule has 6 rings (SSSR count). The fourth-order valence-corrected chi connectivity index (χ4v) is 5.11. The molecule has 0 saturated carbocycles. The predicted octanol–water partition coefficient (Wildman–Crippen LogP) is 2.92. The lowest BCUT2D eigenvalue weighted by Gasteiger charge is -2.45. The summed E-state index contributed by atoms with van der Waals surface area (Å²) in [5.74, 6) is -1.45. The highest BCUT2D eigenvalue weighted by molar-refractivity contribution is 6.04. The van der Waals surface area contributed by atoms with E-state index in [9.17, 15) is 23.1 Å². The molecule has 0 aliphatic carbocycles. The smallest absolute Gasteiger partial charge is 0.395 e. The van der Waals surface area contributed by atoms with Gasteiger partial charge in [-0.15, -0.1) is 0 Å². The Bertz CT molecular complexity index is 1640. The molecule has 4 N–H and O–H groups in total. The van der Waals surface area contributed by atoms with Crippen LogP contribution in [0, 0.1) is 5.82 Å². The van der Waals surface area contributed by atoms with Crippen LogP contribution in [0.5, 0.6) is 0 Å². The molecule has 15 heteroatoms. The summed E-state index contributed by atoms with van der Waals surface area (Å²) in [7, 11) is 0. The number of hydrogen-bond donors (Lipinski definition) is 3. The molecule has 1 amide bonds. The van der Waals surface area contributed by atoms with Crippen molar-refractivity contribution < 1.29 is 36.9 Å². The number of pyridine rings is 1. The van der Waals surface area contributed by atoms with Crippen molar-refractivity contribution in [2.24, 2.45) is 0 Å². The Morgan fingerprint density at radius 1 is 1.14 bits per heavy atom. The average molecular weight is 588 g/mol. The van der Waals surface area contributed by atoms with Gasteiger partial charge in [0, 0.05) is 36.3 Å². The number of nitrogen functional groups attached to an aromatic ring is 1. The van der Waals surface area contributed by atoms with Crippen LogP contribution in [-0.4, -0.2) is 80.3 Å². The van der Waals surface area contributed by atoms with Crippen molar-refractivity contribution in [1.29, 1.82) is 0 Å². The van der Waals surface area contributed by atoms with Crippen molar-refractivity contribution in [1.82, 2.24) is 24.3 Å². The molecule has 0 radical (unpaired) electrons. The molecule has 2 fully saturated rings. The van der Waals surface area contributed by atoms with Gasteiger partial charge in [0.05, 0.1) is 44.1 Å². The lowest BCUT2D eigenvalue weighted by molar-refractivity contribution is -0.149. The number of imidazole rings is 1. The van der Waals surface area contributed by atoms with Gasteiger partial charge in [-0.1, -0.05) is 0 Å². The number of alkyl halides is 3. The van der Waals surface area contributed by atoms with E-state index in [1.54, 1.807) is 10.6 Å². The first-order valence-corrected chi connectivity index (χ1v) is 13.0. The van der Waals surface area contributed by atoms with Gasteiger partial charge in [0.15, 0.2) is 0 Å². The zero-order valence-electron chi connectivity index (χ0n) is 21.9. The number of carbonyl (C=O) groups excluding carboxylic acids is 1. The highest BCUT2D eigenvalue weighted by Crippen LogP contribution is 2.35. The number of aliphatic hydroxyl groups excluding tert-OH is 1. The maximum absolute atomic E-state index is 15.5. The van der Waals surface area contributed by atoms with E-state index >= 15 is 4.39 Å². The van der Waals surface area contributed by atoms with Crippen LogP contribution in [0.25, 0.3) is 16.8 Å². The molecule has 2 atom stereocenters. The van der Waals surface area contributed by atoms with E-state index in [0.29, 0.717) is 37.2 Å². The lowest BCUT2D eigenvalue weighted by atomic mass is 10.1. The van der Waals surface area contributed by atoms with Gasteiger partial charge < -0.3 is 25.6 Å². The van der Waals surface area contributed by atoms with Crippen molar-refractivity contribution in [3.05, 3.63) is 71.7 Å². The van der Waals surface area contributed by atoms with Crippen LogP contribution in [-0.2, 0) is 15.7 Å². The number of halogens is 4. The van der Waals surface area contributed by atoms with E-state index < -0.39 is 29.6 Å². The molecule has 0 unspecified atom stereocenters. The molecule has 1 aromatic carbocycles. The molecule has 42 heavy (non-hydrogen) atoms. The Hall–Kier alpha value is -4.18. The molecule has 2 aliphatic rings. The van der Waals surface area contributed by atoms with Crippen molar-refractivity contribution in [3.8, 4) is 11.3 Å². The molecule has 220 valence electrons. The third kappa shape index (κ3) is 5.15. The van der Waals surface area contributed by atoms with Gasteiger partial charge in [0.25, 0.3) is 5.91 Å². The molecule has 0 bridgehead atoms. The monoisotopic (exact) mass is 587 g/mol. The molecule has 4 aromatic rings. The van der Waals surface area contributed by atoms with Crippen LogP contribution in [0.4, 0.5) is 29.2 Å². The largest absolute Gasteiger partial charge is 0.416 e. The first-order valence-electron chi connectivity index (χ1n) is 13.0. The van der Waals surface area contributed by atoms with Crippen LogP contribution in [0.2, 0.25) is 0 Å². The van der Waals surface area contributed by atoms with Gasteiger partial charge in [0.1, 0.15) is 40.6 Å². The predicted molar refractivity (Wildman–Crippen MR) is 141 cm³/mol. The van der Waals surface area contributed by atoms with Gasteiger partial charge in [0.2, 0.25) is 0 Å². The SMILES string of the molecule is Nc1nccn2c([C@H]3CN(C4COC4)[C@H](CO)CO3)nc(-c3ccc(C(=O)Nc4cc(C(F)(F)F)ccn4)cc3F)c12. The summed E-state index contributed by atoms with van der Waals surface area (Å²) in [5.41, 5.74) is 5.60. The summed E-state index contributed by atoms with van der Waals surface area (Å²) >= 11 is 0. The molecule has 2 saturated heterocycles. The number of nitrogens with two attached hydrogens (primary N) is 1. The molecule has 11 nitrogen and oxygen atoms in total. The number of aromatic nitrogens is 4. The summed E-state index contributed by atoms with van der Waals surface area (Å²) in [5, 5.41) is 12.1. The number of ether oxygens (including phenoxy) is 2. The zero-order valence-corrected chi connectivity index (χ0v) is 21.9. The van der Waals surface area contributed by atoms with Gasteiger partial charge >= 0.3 is 6.18 Å². The van der Waals surface area contributed by atoms with Crippen molar-refractivity contribution in [2.45, 2.75) is 24.4 Å². The van der Waals surface area contributed by atoms with Gasteiger partial charge in [-0.25, -0.2) is 19.3 Å². The Kier molecular flexibility index (Phi) is 7.26. The molecule has 0 spiro atoms. The number of rotatable bonds is 6. The zero-order chi connectivity index (χ0) is 29.6. The van der Waals surface area contributed by atoms with E-state index in [1.807, 2.05) is 0 Å². The molecule has 5 heterocycles. The number of benzene rings is 1. The standard InChI is InChI=1S/C27H25F4N7O4/c28-19-7-14(26(40)35-21-8-15(3-4-33-21)27(29,30)31)1-2-18(19)22-23-24(32)34-5-6-37(23)25(36-22)20-9-38(17-11-41-12-17)16(10-39)13-42-20/h1-8,16-17,20,39H,9-13H2,(H2,32,34)(H,33,35,40)/t16-,20-/m1/s1. The number of nitrogens with one attached hydrogen (secondary N) is 1. The lowest BCUT2D eigenvalue weighted by Crippen LogP contribution is -2.59. The van der Waals surface area contributed by atoms with Crippen LogP contribution in [0.3, 0.4) is 0 Å². The van der Waals surface area contributed by atoms with Crippen molar-refractivity contribution in [3.63, 3.8) is 0 Å². The van der Waals surface area contributed by atoms with Gasteiger partial charge in [-0.05, 0) is 30.3 Å². The topological polar surface area (TPSA) is 140 Å². The molecular weight excluding hydrogens is 562 g/mol. The van der Waals surface area contributed by atoms with Gasteiger partial charge in [-0.2, -0.15) is 13.2 Å². The summed E-state index contributed by atoms with van der Waals surface area (Å²) < 4.78 is 67.7. The van der Waals surface area contributed by atoms with Crippen molar-refractivity contribution >= 4 is 23.1 Å². The summed E-state index contributed by atoms with van der Waals surface area (Å²) in [6.45, 7) is 1.67. The van der Waals surface area contributed by atoms with E-state index in [1.165, 1.54) is 18.3 Å². The summed E-state index contributed by atoms with van der Waals surface area (Å²) in [6, 6.07) is 5.01. The quantitative estimate of drug-likeness (QED) is 0.291. The Labute approximate surface area is 235 Å². The number of hydrogen-bond acceptors (Lipinski definition) is 9. The number of carbonyl (C=O) groups is 1. The van der Waals surface area contributed by atoms with Crippen LogP contribution in [0.1, 0.15) is 27.8 Å². The Morgan fingerprint density at radius 3 is 2.64 bits per heavy atom. The maximum atomic E-state index is 15.5. The maximum Gasteiger partial charge on any atom is 0.416 e. The minimum Gasteiger partial charge on any atom is -0.395 e. The second-order valence-corrected chi connectivity index (χ2v) is 9.97. The number of anilines is 2. The summed E-state index contributed by atoms with van der Waals surface area (Å²) in [4.78, 5) is 27.4. The Morgan fingerprint density at radius 2 is 1.95 bits per heavy atom. The number of fused-ring (bicyclic) bond motifs is 1. The minimum atomic E-state index is -4.62. The van der Waals surface area contributed by atoms with Crippen LogP contribution >= 0.6 is 0 Å². The minimum absolute atomic E-state index is 0.0282. The third-order valence-corrected chi connectivity index (χ3v) is 7.35. The number of amides is 1. The second-order valence-electron chi connectivity index (χ2n) is 9.97. The summed E-state index contributed by atoms with van der Waals surface area (Å²) in [6.07, 6.45) is -1.12. The van der Waals surface area contributed by atoms with E-state index in [4.69, 9.17) is 20.2 Å². The highest BCUT2D eigenvalue weighted by Gasteiger charge is 2.39. The third-order valence-electron chi connectivity index (χ3n) is 7.35. The fourth-order valence-electron chi connectivity index (χ4n) is 5.11. The second kappa shape index (κ2) is 10.9. The van der Waals surface area contributed by atoms with Crippen molar-refractivity contribution in [2.75, 3.05) is 44.0 Å². The molecular formula is C27H25F4N7O4. The molecule has 3 aromatic heterocycles. The average Bonchev–Trinajstić information content (AvgIpc) is 3.32. The van der Waals surface area contributed by atoms with E-state index in [0.717, 1.165) is 18.3 Å². The number of nitrogens with zero attached hydrogens (tertiary/aromatic N) is 5. The number of aliphatic hydroxyl groups is 1. The highest BCUT2D eigenvalue weighted by atomic mass is 19.4. The van der Waals surface area contributed by atoms with Crippen LogP contribution in [0.15, 0.2) is 48.9 Å². The van der Waals surface area contributed by atoms with E-state index in [-0.39, 0.29) is 53.8 Å². The van der Waals surface area contributed by atoms with Gasteiger partial charge in [-0.3, -0.25) is 14.1 Å². The Balaban J connectivity index is 1.31. The van der Waals surface area contributed by atoms with E-state index in [2.05, 4.69) is 20.2 Å². The first-order chi connectivity index (χ1) is 20.1. The first kappa shape index (κ1) is 28.0. The van der Waals surface area contributed by atoms with Crippen LogP contribution < -0.4 is 11.1 Å². The normalized spacial score (nSPS) is 20.0.